The van der Waals surface area contributed by atoms with E-state index in [1.54, 1.807) is 25.4 Å². The second kappa shape index (κ2) is 11.8. The van der Waals surface area contributed by atoms with Gasteiger partial charge in [-0.15, -0.1) is 0 Å². The number of amides is 1. The van der Waals surface area contributed by atoms with E-state index in [4.69, 9.17) is 4.74 Å². The van der Waals surface area contributed by atoms with Gasteiger partial charge in [-0.1, -0.05) is 18.7 Å². The minimum Gasteiger partial charge on any atom is -0.494 e. The van der Waals surface area contributed by atoms with Crippen molar-refractivity contribution >= 4 is 40.4 Å². The van der Waals surface area contributed by atoms with Gasteiger partial charge in [-0.05, 0) is 63.8 Å². The highest BCUT2D eigenvalue weighted by Gasteiger charge is 2.15. The third-order valence-corrected chi connectivity index (χ3v) is 5.44. The van der Waals surface area contributed by atoms with Crippen molar-refractivity contribution in [1.82, 2.24) is 14.9 Å². The fourth-order valence-corrected chi connectivity index (χ4v) is 3.20. The molecule has 1 heterocycles. The summed E-state index contributed by atoms with van der Waals surface area (Å²) in [6.45, 7) is 8.37. The van der Waals surface area contributed by atoms with E-state index >= 15 is 0 Å². The number of rotatable bonds is 11. The Bertz CT molecular complexity index is 1180. The number of nitrogens with zero attached hydrogens (tertiary/aromatic N) is 3. The third kappa shape index (κ3) is 7.18. The molecule has 0 aliphatic carbocycles. The molecule has 35 heavy (non-hydrogen) atoms. The van der Waals surface area contributed by atoms with E-state index in [1.807, 2.05) is 51.4 Å². The number of likely N-dealkylation sites (N-methyl/N-ethyl adjacent to an activating group) is 1. The van der Waals surface area contributed by atoms with Gasteiger partial charge in [0.2, 0.25) is 11.9 Å². The second-order valence-electron chi connectivity index (χ2n) is 8.37. The third-order valence-electron chi connectivity index (χ3n) is 5.44. The summed E-state index contributed by atoms with van der Waals surface area (Å²) in [6, 6.07) is 13.7. The molecule has 1 aromatic heterocycles. The first-order valence-corrected chi connectivity index (χ1v) is 11.3. The number of carbonyl (C=O) groups excluding carboxylic acids is 1. The smallest absolute Gasteiger partial charge is 0.247 e. The highest BCUT2D eigenvalue weighted by molar-refractivity contribution is 6.02. The van der Waals surface area contributed by atoms with E-state index in [9.17, 15) is 4.79 Å². The highest BCUT2D eigenvalue weighted by Crippen LogP contribution is 2.36. The van der Waals surface area contributed by atoms with Crippen LogP contribution in [0.25, 0.3) is 0 Å². The van der Waals surface area contributed by atoms with Crippen molar-refractivity contribution in [1.29, 1.82) is 0 Å². The number of hydrogen-bond donors (Lipinski definition) is 4. The van der Waals surface area contributed by atoms with Crippen molar-refractivity contribution in [3.05, 3.63) is 66.9 Å². The van der Waals surface area contributed by atoms with Crippen LogP contribution in [0.4, 0.5) is 34.5 Å². The van der Waals surface area contributed by atoms with E-state index in [-0.39, 0.29) is 11.9 Å². The zero-order valence-electron chi connectivity index (χ0n) is 20.8. The minimum absolute atomic E-state index is 0.277. The van der Waals surface area contributed by atoms with Crippen LogP contribution in [0.2, 0.25) is 0 Å². The van der Waals surface area contributed by atoms with E-state index < -0.39 is 0 Å². The van der Waals surface area contributed by atoms with Crippen LogP contribution in [0.3, 0.4) is 0 Å². The van der Waals surface area contributed by atoms with Crippen LogP contribution in [-0.4, -0.2) is 54.6 Å². The maximum Gasteiger partial charge on any atom is 0.247 e. The Kier molecular flexibility index (Phi) is 8.63. The molecule has 1 amide bonds. The van der Waals surface area contributed by atoms with E-state index in [1.165, 1.54) is 6.08 Å². The first-order chi connectivity index (χ1) is 16.8. The van der Waals surface area contributed by atoms with Crippen LogP contribution < -0.4 is 26.0 Å². The van der Waals surface area contributed by atoms with Crippen LogP contribution in [0, 0.1) is 6.92 Å². The zero-order valence-corrected chi connectivity index (χ0v) is 20.8. The standard InChI is InChI=1S/C26H33N7O2/c1-7-25(34)30-21-14-22(23(35-6)15-20(21)28-16-18(3)33(4)5)31-26-27-12-11-24(32-26)29-19-10-8-9-17(2)13-19/h7-15,18,28H,1,16H2,2-6H3,(H,30,34)(H2,27,29,31,32). The summed E-state index contributed by atoms with van der Waals surface area (Å²) in [7, 11) is 5.62. The fraction of sp³-hybridized carbons (Fsp3) is 0.269. The molecule has 0 saturated carbocycles. The molecule has 0 aliphatic rings. The average molecular weight is 476 g/mol. The van der Waals surface area contributed by atoms with Crippen LogP contribution in [0.15, 0.2) is 61.3 Å². The number of hydrogen-bond acceptors (Lipinski definition) is 8. The van der Waals surface area contributed by atoms with Crippen LogP contribution in [0.1, 0.15) is 12.5 Å². The molecule has 9 nitrogen and oxygen atoms in total. The molecule has 184 valence electrons. The fourth-order valence-electron chi connectivity index (χ4n) is 3.20. The van der Waals surface area contributed by atoms with Crippen molar-refractivity contribution in [2.45, 2.75) is 19.9 Å². The Morgan fingerprint density at radius 1 is 1.14 bits per heavy atom. The molecule has 4 N–H and O–H groups in total. The average Bonchev–Trinajstić information content (AvgIpc) is 2.83. The molecule has 0 fully saturated rings. The van der Waals surface area contributed by atoms with Gasteiger partial charge in [-0.2, -0.15) is 4.98 Å². The van der Waals surface area contributed by atoms with Gasteiger partial charge >= 0.3 is 0 Å². The molecule has 3 rings (SSSR count). The normalized spacial score (nSPS) is 11.5. The largest absolute Gasteiger partial charge is 0.494 e. The Labute approximate surface area is 206 Å². The van der Waals surface area contributed by atoms with E-state index in [0.29, 0.717) is 35.4 Å². The maximum atomic E-state index is 12.1. The molecule has 0 saturated heterocycles. The number of benzene rings is 2. The molecule has 1 atom stereocenters. The molecule has 2 aromatic carbocycles. The SMILES string of the molecule is C=CC(=O)Nc1cc(Nc2nccc(Nc3cccc(C)c3)n2)c(OC)cc1NCC(C)N(C)C. The van der Waals surface area contributed by atoms with Gasteiger partial charge in [0.1, 0.15) is 11.6 Å². The summed E-state index contributed by atoms with van der Waals surface area (Å²) in [6.07, 6.45) is 2.89. The van der Waals surface area contributed by atoms with E-state index in [2.05, 4.69) is 49.6 Å². The zero-order chi connectivity index (χ0) is 25.4. The van der Waals surface area contributed by atoms with Crippen molar-refractivity contribution in [2.75, 3.05) is 49.0 Å². The van der Waals surface area contributed by atoms with Gasteiger partial charge in [-0.25, -0.2) is 4.98 Å². The number of methoxy groups -OCH3 is 1. The summed E-state index contributed by atoms with van der Waals surface area (Å²) in [4.78, 5) is 23.1. The van der Waals surface area contributed by atoms with E-state index in [0.717, 1.165) is 16.9 Å². The summed E-state index contributed by atoms with van der Waals surface area (Å²) in [5.41, 5.74) is 4.00. The highest BCUT2D eigenvalue weighted by atomic mass is 16.5. The predicted octanol–water partition coefficient (Wildman–Crippen LogP) is 4.77. The van der Waals surface area contributed by atoms with Crippen LogP contribution in [0.5, 0.6) is 5.75 Å². The Balaban J connectivity index is 1.88. The van der Waals surface area contributed by atoms with Gasteiger partial charge in [0, 0.05) is 30.5 Å². The molecule has 0 spiro atoms. The van der Waals surface area contributed by atoms with Crippen molar-refractivity contribution in [3.8, 4) is 5.75 Å². The lowest BCUT2D eigenvalue weighted by Crippen LogP contribution is -2.31. The number of anilines is 6. The van der Waals surface area contributed by atoms with Crippen molar-refractivity contribution < 1.29 is 9.53 Å². The first kappa shape index (κ1) is 25.5. The Morgan fingerprint density at radius 3 is 2.63 bits per heavy atom. The minimum atomic E-state index is -0.314. The molecule has 3 aromatic rings. The lowest BCUT2D eigenvalue weighted by Gasteiger charge is -2.23. The lowest BCUT2D eigenvalue weighted by molar-refractivity contribution is -0.111. The van der Waals surface area contributed by atoms with Gasteiger partial charge in [0.05, 0.1) is 24.2 Å². The summed E-state index contributed by atoms with van der Waals surface area (Å²) < 4.78 is 5.62. The predicted molar refractivity (Wildman–Crippen MR) is 143 cm³/mol. The molecule has 1 unspecified atom stereocenters. The molecular weight excluding hydrogens is 442 g/mol. The van der Waals surface area contributed by atoms with Crippen molar-refractivity contribution in [2.24, 2.45) is 0 Å². The molecule has 0 bridgehead atoms. The summed E-state index contributed by atoms with van der Waals surface area (Å²) in [5, 5.41) is 12.7. The monoisotopic (exact) mass is 475 g/mol. The quantitative estimate of drug-likeness (QED) is 0.294. The Morgan fingerprint density at radius 2 is 1.94 bits per heavy atom. The molecular formula is C26H33N7O2. The summed E-state index contributed by atoms with van der Waals surface area (Å²) >= 11 is 0. The molecule has 0 radical (unpaired) electrons. The molecule has 0 aliphatic heterocycles. The van der Waals surface area contributed by atoms with Gasteiger partial charge < -0.3 is 30.9 Å². The van der Waals surface area contributed by atoms with Gasteiger partial charge in [0.25, 0.3) is 0 Å². The van der Waals surface area contributed by atoms with Crippen molar-refractivity contribution in [3.63, 3.8) is 0 Å². The number of nitrogens with one attached hydrogen (secondary N) is 4. The van der Waals surface area contributed by atoms with Gasteiger partial charge in [-0.3, -0.25) is 4.79 Å². The lowest BCUT2D eigenvalue weighted by atomic mass is 10.2. The molecule has 9 heteroatoms. The van der Waals surface area contributed by atoms with Gasteiger partial charge in [0.15, 0.2) is 0 Å². The number of aryl methyl sites for hydroxylation is 1. The second-order valence-corrected chi connectivity index (χ2v) is 8.37. The van der Waals surface area contributed by atoms with Crippen LogP contribution in [-0.2, 0) is 4.79 Å². The summed E-state index contributed by atoms with van der Waals surface area (Å²) in [5.74, 6) is 1.28. The first-order valence-electron chi connectivity index (χ1n) is 11.3. The number of carbonyl (C=O) groups is 1. The Hall–Kier alpha value is -4.11. The number of aromatic nitrogens is 2. The number of ether oxygens (including phenoxy) is 1. The maximum absolute atomic E-state index is 12.1. The topological polar surface area (TPSA) is 103 Å². The van der Waals surface area contributed by atoms with Crippen LogP contribution >= 0.6 is 0 Å².